The minimum Gasteiger partial charge on any atom is -0.497 e. The average molecular weight is 314 g/mol. The van der Waals surface area contributed by atoms with Crippen LogP contribution in [0.1, 0.15) is 30.9 Å². The molecule has 124 valence electrons. The highest BCUT2D eigenvalue weighted by atomic mass is 16.5. The van der Waals surface area contributed by atoms with E-state index in [1.54, 1.807) is 7.11 Å². The van der Waals surface area contributed by atoms with Crippen molar-refractivity contribution in [3.63, 3.8) is 0 Å². The Morgan fingerprint density at radius 1 is 1.13 bits per heavy atom. The number of methoxy groups -OCH3 is 1. The lowest BCUT2D eigenvalue weighted by Gasteiger charge is -2.31. The minimum absolute atomic E-state index is 0.325. The fraction of sp³-hybridized carbons (Fsp3) is 0.632. The Bertz CT molecular complexity index is 582. The van der Waals surface area contributed by atoms with Gasteiger partial charge in [-0.1, -0.05) is 18.6 Å². The quantitative estimate of drug-likeness (QED) is 0.859. The van der Waals surface area contributed by atoms with Gasteiger partial charge in [-0.05, 0) is 43.5 Å². The van der Waals surface area contributed by atoms with Gasteiger partial charge in [-0.3, -0.25) is 9.69 Å². The van der Waals surface area contributed by atoms with Gasteiger partial charge in [0.25, 0.3) is 0 Å². The smallest absolute Gasteiger partial charge is 0.225 e. The minimum atomic E-state index is 0.325. The molecule has 0 aromatic heterocycles. The summed E-state index contributed by atoms with van der Waals surface area (Å²) in [4.78, 5) is 17.2. The largest absolute Gasteiger partial charge is 0.497 e. The van der Waals surface area contributed by atoms with Crippen LogP contribution in [-0.2, 0) is 4.79 Å². The molecule has 0 radical (unpaired) electrons. The summed E-state index contributed by atoms with van der Waals surface area (Å²) in [6.07, 6.45) is 3.44. The zero-order valence-corrected chi connectivity index (χ0v) is 14.1. The van der Waals surface area contributed by atoms with Gasteiger partial charge >= 0.3 is 0 Å². The van der Waals surface area contributed by atoms with Crippen LogP contribution in [0, 0.1) is 17.8 Å². The first kappa shape index (κ1) is 15.0. The van der Waals surface area contributed by atoms with Gasteiger partial charge in [-0.15, -0.1) is 0 Å². The van der Waals surface area contributed by atoms with E-state index < -0.39 is 0 Å². The number of hydrogen-bond acceptors (Lipinski definition) is 3. The molecule has 23 heavy (non-hydrogen) atoms. The molecular formula is C19H26N2O2. The van der Waals surface area contributed by atoms with Gasteiger partial charge in [0.05, 0.1) is 7.11 Å². The van der Waals surface area contributed by atoms with Gasteiger partial charge in [0, 0.05) is 37.5 Å². The number of hydrogen-bond donors (Lipinski definition) is 0. The number of likely N-dealkylation sites (tertiary alicyclic amines) is 2. The third-order valence-corrected chi connectivity index (χ3v) is 6.12. The van der Waals surface area contributed by atoms with E-state index in [-0.39, 0.29) is 0 Å². The molecule has 0 spiro atoms. The number of carbonyl (C=O) groups is 1. The maximum absolute atomic E-state index is 12.6. The number of carbonyl (C=O) groups excluding carboxylic acids is 1. The molecule has 1 saturated carbocycles. The summed E-state index contributed by atoms with van der Waals surface area (Å²) in [6, 6.07) is 8.87. The zero-order chi connectivity index (χ0) is 16.0. The SMILES string of the molecule is COc1ccc([C@@H]2[C@@H]3CN(C(=O)C4CCC4)C[C@@H]3CN2C)cc1. The second-order valence-electron chi connectivity index (χ2n) is 7.45. The Morgan fingerprint density at radius 2 is 1.87 bits per heavy atom. The average Bonchev–Trinajstić information content (AvgIpc) is 3.02. The van der Waals surface area contributed by atoms with Crippen molar-refractivity contribution in [1.82, 2.24) is 9.80 Å². The highest BCUT2D eigenvalue weighted by Crippen LogP contribution is 2.45. The fourth-order valence-electron chi connectivity index (χ4n) is 4.65. The number of amides is 1. The molecule has 4 heteroatoms. The van der Waals surface area contributed by atoms with Gasteiger partial charge in [-0.2, -0.15) is 0 Å². The second kappa shape index (κ2) is 5.82. The summed E-state index contributed by atoms with van der Waals surface area (Å²) < 4.78 is 5.27. The Morgan fingerprint density at radius 3 is 2.48 bits per heavy atom. The number of rotatable bonds is 3. The first-order chi connectivity index (χ1) is 11.2. The van der Waals surface area contributed by atoms with E-state index in [4.69, 9.17) is 4.74 Å². The van der Waals surface area contributed by atoms with Crippen LogP contribution in [0.5, 0.6) is 5.75 Å². The van der Waals surface area contributed by atoms with Gasteiger partial charge in [0.1, 0.15) is 5.75 Å². The summed E-state index contributed by atoms with van der Waals surface area (Å²) in [5.74, 6) is 2.83. The molecule has 2 aliphatic heterocycles. The van der Waals surface area contributed by atoms with Crippen molar-refractivity contribution in [2.75, 3.05) is 33.8 Å². The van der Waals surface area contributed by atoms with Gasteiger partial charge in [-0.25, -0.2) is 0 Å². The fourth-order valence-corrected chi connectivity index (χ4v) is 4.65. The molecule has 1 aromatic carbocycles. The maximum Gasteiger partial charge on any atom is 0.225 e. The number of ether oxygens (including phenoxy) is 1. The van der Waals surface area contributed by atoms with E-state index in [1.165, 1.54) is 12.0 Å². The highest BCUT2D eigenvalue weighted by molar-refractivity contribution is 5.80. The topological polar surface area (TPSA) is 32.8 Å². The van der Waals surface area contributed by atoms with Crippen molar-refractivity contribution in [2.45, 2.75) is 25.3 Å². The standard InChI is InChI=1S/C19H26N2O2/c1-20-10-15-11-21(19(22)14-4-3-5-14)12-17(15)18(20)13-6-8-16(23-2)9-7-13/h6-9,14-15,17-18H,3-5,10-12H2,1-2H3/t15-,17+,18+/m0/s1. The van der Waals surface area contributed by atoms with E-state index in [2.05, 4.69) is 29.0 Å². The van der Waals surface area contributed by atoms with Crippen molar-refractivity contribution in [3.05, 3.63) is 29.8 Å². The van der Waals surface area contributed by atoms with Crippen LogP contribution in [-0.4, -0.2) is 49.5 Å². The van der Waals surface area contributed by atoms with Gasteiger partial charge in [0.2, 0.25) is 5.91 Å². The summed E-state index contributed by atoms with van der Waals surface area (Å²) in [5, 5.41) is 0. The third-order valence-electron chi connectivity index (χ3n) is 6.12. The number of fused-ring (bicyclic) bond motifs is 1. The first-order valence-corrected chi connectivity index (χ1v) is 8.80. The Labute approximate surface area is 138 Å². The van der Waals surface area contributed by atoms with Crippen molar-refractivity contribution >= 4 is 5.91 Å². The molecule has 0 N–H and O–H groups in total. The molecular weight excluding hydrogens is 288 g/mol. The van der Waals surface area contributed by atoms with E-state index in [1.807, 2.05) is 12.1 Å². The van der Waals surface area contributed by atoms with Crippen LogP contribution < -0.4 is 4.74 Å². The molecule has 0 unspecified atom stereocenters. The molecule has 3 aliphatic rings. The van der Waals surface area contributed by atoms with E-state index in [9.17, 15) is 4.79 Å². The monoisotopic (exact) mass is 314 g/mol. The molecule has 1 aromatic rings. The Kier molecular flexibility index (Phi) is 3.80. The van der Waals surface area contributed by atoms with E-state index in [0.29, 0.717) is 29.7 Å². The summed E-state index contributed by atoms with van der Waals surface area (Å²) in [7, 11) is 3.92. The predicted octanol–water partition coefficient (Wildman–Crippen LogP) is 2.56. The van der Waals surface area contributed by atoms with Gasteiger partial charge < -0.3 is 9.64 Å². The number of nitrogens with zero attached hydrogens (tertiary/aromatic N) is 2. The highest BCUT2D eigenvalue weighted by Gasteiger charge is 2.48. The maximum atomic E-state index is 12.6. The Hall–Kier alpha value is -1.55. The van der Waals surface area contributed by atoms with E-state index >= 15 is 0 Å². The van der Waals surface area contributed by atoms with Crippen molar-refractivity contribution in [3.8, 4) is 5.75 Å². The normalized spacial score (nSPS) is 31.0. The molecule has 4 rings (SSSR count). The Balaban J connectivity index is 1.50. The van der Waals surface area contributed by atoms with Crippen molar-refractivity contribution < 1.29 is 9.53 Å². The first-order valence-electron chi connectivity index (χ1n) is 8.80. The second-order valence-corrected chi connectivity index (χ2v) is 7.45. The summed E-state index contributed by atoms with van der Waals surface area (Å²) >= 11 is 0. The third kappa shape index (κ3) is 2.53. The molecule has 3 atom stereocenters. The van der Waals surface area contributed by atoms with Crippen LogP contribution in [0.3, 0.4) is 0 Å². The molecule has 3 fully saturated rings. The van der Waals surface area contributed by atoms with Crippen LogP contribution in [0.2, 0.25) is 0 Å². The van der Waals surface area contributed by atoms with Crippen LogP contribution in [0.25, 0.3) is 0 Å². The lowest BCUT2D eigenvalue weighted by Crippen LogP contribution is -2.39. The molecule has 2 heterocycles. The van der Waals surface area contributed by atoms with Crippen molar-refractivity contribution in [2.24, 2.45) is 17.8 Å². The summed E-state index contributed by atoms with van der Waals surface area (Å²) in [6.45, 7) is 2.98. The molecule has 1 aliphatic carbocycles. The van der Waals surface area contributed by atoms with Gasteiger partial charge in [0.15, 0.2) is 0 Å². The zero-order valence-electron chi connectivity index (χ0n) is 14.1. The predicted molar refractivity (Wildman–Crippen MR) is 89.3 cm³/mol. The number of benzene rings is 1. The summed E-state index contributed by atoms with van der Waals surface area (Å²) in [5.41, 5.74) is 1.35. The molecule has 4 nitrogen and oxygen atoms in total. The van der Waals surface area contributed by atoms with E-state index in [0.717, 1.165) is 38.2 Å². The van der Waals surface area contributed by atoms with Crippen LogP contribution >= 0.6 is 0 Å². The lowest BCUT2D eigenvalue weighted by molar-refractivity contribution is -0.137. The molecule has 2 saturated heterocycles. The van der Waals surface area contributed by atoms with Crippen molar-refractivity contribution in [1.29, 1.82) is 0 Å². The van der Waals surface area contributed by atoms with Crippen LogP contribution in [0.15, 0.2) is 24.3 Å². The molecule has 1 amide bonds. The van der Waals surface area contributed by atoms with Crippen LogP contribution in [0.4, 0.5) is 0 Å². The lowest BCUT2D eigenvalue weighted by atomic mass is 9.84. The molecule has 0 bridgehead atoms.